The molecule has 3 nitrogen and oxygen atoms in total. The lowest BCUT2D eigenvalue weighted by Gasteiger charge is -2.38. The Kier molecular flexibility index (Phi) is 4.61. The molecule has 0 fully saturated rings. The first kappa shape index (κ1) is 14.1. The van der Waals surface area contributed by atoms with Crippen LogP contribution in [-0.2, 0) is 4.74 Å². The molecule has 2 atom stereocenters. The van der Waals surface area contributed by atoms with E-state index in [0.29, 0.717) is 0 Å². The van der Waals surface area contributed by atoms with Gasteiger partial charge in [0.2, 0.25) is 0 Å². The second-order valence-corrected chi connectivity index (χ2v) is 5.73. The number of ether oxygens (including phenoxy) is 1. The Morgan fingerprint density at radius 3 is 2.65 bits per heavy atom. The number of carbonyl (C=O) groups excluding carboxylic acids is 1. The van der Waals surface area contributed by atoms with Gasteiger partial charge < -0.3 is 4.74 Å². The fraction of sp³-hybridized carbons (Fsp3) is 0.786. The van der Waals surface area contributed by atoms with Crippen LogP contribution in [0.15, 0.2) is 12.2 Å². The van der Waals surface area contributed by atoms with E-state index in [1.54, 1.807) is 0 Å². The van der Waals surface area contributed by atoms with Crippen molar-refractivity contribution in [2.45, 2.75) is 71.6 Å². The molecule has 3 heteroatoms. The zero-order valence-corrected chi connectivity index (χ0v) is 11.7. The number of rotatable bonds is 2. The predicted molar refractivity (Wildman–Crippen MR) is 70.0 cm³/mol. The Labute approximate surface area is 105 Å². The second kappa shape index (κ2) is 5.56. The fourth-order valence-electron chi connectivity index (χ4n) is 2.19. The summed E-state index contributed by atoms with van der Waals surface area (Å²) in [5.74, 6) is 0. The van der Waals surface area contributed by atoms with Crippen molar-refractivity contribution in [3.63, 3.8) is 0 Å². The zero-order chi connectivity index (χ0) is 13.1. The third kappa shape index (κ3) is 4.06. The molecule has 2 unspecified atom stereocenters. The summed E-state index contributed by atoms with van der Waals surface area (Å²) in [6.45, 7) is 9.91. The van der Waals surface area contributed by atoms with Gasteiger partial charge in [0.05, 0.1) is 6.04 Å². The van der Waals surface area contributed by atoms with E-state index in [-0.39, 0.29) is 18.2 Å². The number of carbonyl (C=O) groups is 1. The molecule has 1 aliphatic rings. The average molecular weight is 239 g/mol. The smallest absolute Gasteiger partial charge is 0.411 e. The Bertz CT molecular complexity index is 291. The molecule has 0 saturated carbocycles. The first-order chi connectivity index (χ1) is 7.85. The van der Waals surface area contributed by atoms with Crippen LogP contribution in [0.5, 0.6) is 0 Å². The molecule has 17 heavy (non-hydrogen) atoms. The van der Waals surface area contributed by atoms with Crippen LogP contribution in [-0.4, -0.2) is 28.7 Å². The SMILES string of the molecule is CCCC1CC=CC(C)N1C(=O)OC(C)(C)C. The van der Waals surface area contributed by atoms with E-state index in [9.17, 15) is 4.79 Å². The van der Waals surface area contributed by atoms with Gasteiger partial charge in [0.25, 0.3) is 0 Å². The first-order valence-corrected chi connectivity index (χ1v) is 6.53. The van der Waals surface area contributed by atoms with Gasteiger partial charge in [-0.3, -0.25) is 4.90 Å². The van der Waals surface area contributed by atoms with Crippen molar-refractivity contribution in [2.75, 3.05) is 0 Å². The van der Waals surface area contributed by atoms with Crippen LogP contribution < -0.4 is 0 Å². The Balaban J connectivity index is 2.76. The van der Waals surface area contributed by atoms with Crippen molar-refractivity contribution in [3.05, 3.63) is 12.2 Å². The highest BCUT2D eigenvalue weighted by atomic mass is 16.6. The lowest BCUT2D eigenvalue weighted by molar-refractivity contribution is 0.00882. The molecule has 0 aromatic rings. The number of hydrogen-bond donors (Lipinski definition) is 0. The summed E-state index contributed by atoms with van der Waals surface area (Å²) < 4.78 is 5.48. The van der Waals surface area contributed by atoms with Crippen LogP contribution in [0, 0.1) is 0 Å². The summed E-state index contributed by atoms with van der Waals surface area (Å²) in [7, 11) is 0. The first-order valence-electron chi connectivity index (χ1n) is 6.53. The molecule has 98 valence electrons. The van der Waals surface area contributed by atoms with Gasteiger partial charge in [0.15, 0.2) is 0 Å². The lowest BCUT2D eigenvalue weighted by Crippen LogP contribution is -2.49. The van der Waals surface area contributed by atoms with Crippen LogP contribution in [0.1, 0.15) is 53.9 Å². The van der Waals surface area contributed by atoms with Crippen LogP contribution in [0.3, 0.4) is 0 Å². The molecular weight excluding hydrogens is 214 g/mol. The summed E-state index contributed by atoms with van der Waals surface area (Å²) in [5, 5.41) is 0. The average Bonchev–Trinajstić information content (AvgIpc) is 2.15. The third-order valence-corrected chi connectivity index (χ3v) is 2.88. The van der Waals surface area contributed by atoms with E-state index < -0.39 is 5.60 Å². The molecule has 0 aromatic carbocycles. The van der Waals surface area contributed by atoms with Gasteiger partial charge in [-0.1, -0.05) is 25.5 Å². The maximum atomic E-state index is 12.2. The molecule has 0 radical (unpaired) electrons. The largest absolute Gasteiger partial charge is 0.444 e. The molecule has 0 spiro atoms. The summed E-state index contributed by atoms with van der Waals surface area (Å²) >= 11 is 0. The molecule has 0 aromatic heterocycles. The van der Waals surface area contributed by atoms with Crippen molar-refractivity contribution >= 4 is 6.09 Å². The maximum Gasteiger partial charge on any atom is 0.411 e. The van der Waals surface area contributed by atoms with Gasteiger partial charge in [-0.25, -0.2) is 4.79 Å². The highest BCUT2D eigenvalue weighted by molar-refractivity contribution is 5.69. The molecule has 0 N–H and O–H groups in total. The molecule has 0 bridgehead atoms. The Morgan fingerprint density at radius 1 is 1.47 bits per heavy atom. The highest BCUT2D eigenvalue weighted by Crippen LogP contribution is 2.23. The van der Waals surface area contributed by atoms with E-state index in [4.69, 9.17) is 4.74 Å². The predicted octanol–water partition coefficient (Wildman–Crippen LogP) is 3.74. The van der Waals surface area contributed by atoms with Gasteiger partial charge >= 0.3 is 6.09 Å². The van der Waals surface area contributed by atoms with E-state index in [2.05, 4.69) is 19.1 Å². The van der Waals surface area contributed by atoms with E-state index in [0.717, 1.165) is 19.3 Å². The van der Waals surface area contributed by atoms with Gasteiger partial charge in [-0.2, -0.15) is 0 Å². The summed E-state index contributed by atoms with van der Waals surface area (Å²) in [6.07, 6.45) is 7.13. The van der Waals surface area contributed by atoms with Gasteiger partial charge in [-0.05, 0) is 40.5 Å². The van der Waals surface area contributed by atoms with Crippen LogP contribution in [0.2, 0.25) is 0 Å². The standard InChI is InChI=1S/C14H25NO2/c1-6-8-12-10-7-9-11(2)15(12)13(16)17-14(3,4)5/h7,9,11-12H,6,8,10H2,1-5H3. The van der Waals surface area contributed by atoms with Crippen molar-refractivity contribution < 1.29 is 9.53 Å². The lowest BCUT2D eigenvalue weighted by atomic mass is 10.00. The number of nitrogens with zero attached hydrogens (tertiary/aromatic N) is 1. The van der Waals surface area contributed by atoms with Gasteiger partial charge in [0, 0.05) is 6.04 Å². The van der Waals surface area contributed by atoms with E-state index >= 15 is 0 Å². The minimum atomic E-state index is -0.422. The van der Waals surface area contributed by atoms with Gasteiger partial charge in [-0.15, -0.1) is 0 Å². The minimum Gasteiger partial charge on any atom is -0.444 e. The van der Waals surface area contributed by atoms with Crippen molar-refractivity contribution in [1.29, 1.82) is 0 Å². The van der Waals surface area contributed by atoms with Crippen LogP contribution in [0.25, 0.3) is 0 Å². The number of hydrogen-bond acceptors (Lipinski definition) is 2. The zero-order valence-electron chi connectivity index (χ0n) is 11.7. The molecule has 0 saturated heterocycles. The fourth-order valence-corrected chi connectivity index (χ4v) is 2.19. The minimum absolute atomic E-state index is 0.134. The summed E-state index contributed by atoms with van der Waals surface area (Å²) in [6, 6.07) is 0.421. The van der Waals surface area contributed by atoms with E-state index in [1.807, 2.05) is 32.6 Å². The molecule has 1 aliphatic heterocycles. The van der Waals surface area contributed by atoms with Crippen LogP contribution >= 0.6 is 0 Å². The normalized spacial score (nSPS) is 24.9. The van der Waals surface area contributed by atoms with Crippen molar-refractivity contribution in [1.82, 2.24) is 4.90 Å². The second-order valence-electron chi connectivity index (χ2n) is 5.73. The highest BCUT2D eigenvalue weighted by Gasteiger charge is 2.31. The van der Waals surface area contributed by atoms with Crippen LogP contribution in [0.4, 0.5) is 4.79 Å². The topological polar surface area (TPSA) is 29.5 Å². The molecule has 1 heterocycles. The quantitative estimate of drug-likeness (QED) is 0.687. The molecule has 0 aliphatic carbocycles. The van der Waals surface area contributed by atoms with Crippen molar-refractivity contribution in [3.8, 4) is 0 Å². The maximum absolute atomic E-state index is 12.2. The molecular formula is C14H25NO2. The van der Waals surface area contributed by atoms with Gasteiger partial charge in [0.1, 0.15) is 5.60 Å². The number of amides is 1. The molecule has 1 rings (SSSR count). The Morgan fingerprint density at radius 2 is 2.12 bits per heavy atom. The third-order valence-electron chi connectivity index (χ3n) is 2.88. The Hall–Kier alpha value is -0.990. The monoisotopic (exact) mass is 239 g/mol. The van der Waals surface area contributed by atoms with Crippen molar-refractivity contribution in [2.24, 2.45) is 0 Å². The van der Waals surface area contributed by atoms with E-state index in [1.165, 1.54) is 0 Å². The molecule has 1 amide bonds. The summed E-state index contributed by atoms with van der Waals surface area (Å²) in [4.78, 5) is 14.1. The summed E-state index contributed by atoms with van der Waals surface area (Å²) in [5.41, 5.74) is -0.422.